The van der Waals surface area contributed by atoms with Gasteiger partial charge in [-0.2, -0.15) is 0 Å². The summed E-state index contributed by atoms with van der Waals surface area (Å²) in [6.45, 7) is 0.480. The van der Waals surface area contributed by atoms with Crippen LogP contribution in [-0.2, 0) is 11.2 Å². The second-order valence-electron chi connectivity index (χ2n) is 5.51. The zero-order chi connectivity index (χ0) is 15.0. The van der Waals surface area contributed by atoms with E-state index in [1.54, 1.807) is 17.0 Å². The summed E-state index contributed by atoms with van der Waals surface area (Å²) >= 11 is 0. The summed E-state index contributed by atoms with van der Waals surface area (Å²) in [6, 6.07) is 5.89. The molecule has 2 unspecified atom stereocenters. The zero-order valence-electron chi connectivity index (χ0n) is 11.6. The van der Waals surface area contributed by atoms with Crippen LogP contribution < -0.4 is 4.90 Å². The number of aliphatic hydroxyl groups is 1. The van der Waals surface area contributed by atoms with E-state index in [9.17, 15) is 19.8 Å². The standard InChI is InChI=1S/C15H18N2O4/c18-9-11-5-3-7-16(11)15(21)17-12-6-2-1-4-10(12)8-13(17)14(19)20/h1-2,4,6,11,13,18H,3,5,7-9H2,(H,19,20). The lowest BCUT2D eigenvalue weighted by atomic mass is 10.1. The Morgan fingerprint density at radius 2 is 2.05 bits per heavy atom. The number of para-hydroxylation sites is 1. The summed E-state index contributed by atoms with van der Waals surface area (Å²) < 4.78 is 0. The average molecular weight is 290 g/mol. The van der Waals surface area contributed by atoms with E-state index in [-0.39, 0.29) is 18.7 Å². The molecule has 0 bridgehead atoms. The van der Waals surface area contributed by atoms with Crippen LogP contribution >= 0.6 is 0 Å². The number of carbonyl (C=O) groups is 2. The van der Waals surface area contributed by atoms with Crippen molar-refractivity contribution in [2.75, 3.05) is 18.1 Å². The van der Waals surface area contributed by atoms with E-state index in [4.69, 9.17) is 0 Å². The van der Waals surface area contributed by atoms with Crippen LogP contribution in [0.3, 0.4) is 0 Å². The second-order valence-corrected chi connectivity index (χ2v) is 5.51. The van der Waals surface area contributed by atoms with Crippen LogP contribution in [0.15, 0.2) is 24.3 Å². The number of anilines is 1. The quantitative estimate of drug-likeness (QED) is 0.854. The molecule has 0 saturated carbocycles. The molecule has 2 aliphatic heterocycles. The molecule has 6 nitrogen and oxygen atoms in total. The number of aliphatic hydroxyl groups excluding tert-OH is 1. The normalized spacial score (nSPS) is 24.2. The number of benzene rings is 1. The van der Waals surface area contributed by atoms with Gasteiger partial charge < -0.3 is 15.1 Å². The molecule has 1 saturated heterocycles. The van der Waals surface area contributed by atoms with Gasteiger partial charge >= 0.3 is 12.0 Å². The van der Waals surface area contributed by atoms with E-state index in [1.807, 2.05) is 12.1 Å². The van der Waals surface area contributed by atoms with Gasteiger partial charge in [-0.25, -0.2) is 9.59 Å². The highest BCUT2D eigenvalue weighted by molar-refractivity contribution is 6.01. The summed E-state index contributed by atoms with van der Waals surface area (Å²) in [5.41, 5.74) is 1.54. The Bertz CT molecular complexity index is 575. The predicted octanol–water partition coefficient (Wildman–Crippen LogP) is 1.08. The van der Waals surface area contributed by atoms with E-state index >= 15 is 0 Å². The van der Waals surface area contributed by atoms with Crippen LogP contribution in [-0.4, -0.2) is 52.3 Å². The number of carboxylic acids is 1. The molecule has 2 heterocycles. The monoisotopic (exact) mass is 290 g/mol. The number of rotatable bonds is 2. The minimum Gasteiger partial charge on any atom is -0.480 e. The molecule has 1 fully saturated rings. The van der Waals surface area contributed by atoms with E-state index in [0.717, 1.165) is 18.4 Å². The van der Waals surface area contributed by atoms with Crippen molar-refractivity contribution < 1.29 is 19.8 Å². The Labute approximate surface area is 122 Å². The summed E-state index contributed by atoms with van der Waals surface area (Å²) in [4.78, 5) is 27.2. The van der Waals surface area contributed by atoms with Crippen molar-refractivity contribution in [3.8, 4) is 0 Å². The maximum Gasteiger partial charge on any atom is 0.327 e. The largest absolute Gasteiger partial charge is 0.480 e. The fraction of sp³-hybridized carbons (Fsp3) is 0.467. The third-order valence-corrected chi connectivity index (χ3v) is 4.30. The van der Waals surface area contributed by atoms with Crippen LogP contribution in [0.25, 0.3) is 0 Å². The van der Waals surface area contributed by atoms with Crippen molar-refractivity contribution in [2.45, 2.75) is 31.3 Å². The van der Waals surface area contributed by atoms with Gasteiger partial charge in [0.25, 0.3) is 0 Å². The first-order chi connectivity index (χ1) is 10.1. The summed E-state index contributed by atoms with van der Waals surface area (Å²) in [5, 5.41) is 18.8. The first kappa shape index (κ1) is 13.9. The van der Waals surface area contributed by atoms with Crippen molar-refractivity contribution in [1.29, 1.82) is 0 Å². The third kappa shape index (κ3) is 2.25. The van der Waals surface area contributed by atoms with Gasteiger partial charge in [0.1, 0.15) is 6.04 Å². The average Bonchev–Trinajstić information content (AvgIpc) is 3.10. The maximum absolute atomic E-state index is 12.8. The zero-order valence-corrected chi connectivity index (χ0v) is 11.6. The number of aliphatic carboxylic acids is 1. The van der Waals surface area contributed by atoms with Gasteiger partial charge in [0.2, 0.25) is 0 Å². The molecule has 0 aromatic heterocycles. The van der Waals surface area contributed by atoms with E-state index < -0.39 is 12.0 Å². The maximum atomic E-state index is 12.8. The summed E-state index contributed by atoms with van der Waals surface area (Å²) in [7, 11) is 0. The Balaban J connectivity index is 1.94. The van der Waals surface area contributed by atoms with Crippen LogP contribution in [0.4, 0.5) is 10.5 Å². The third-order valence-electron chi connectivity index (χ3n) is 4.30. The first-order valence-electron chi connectivity index (χ1n) is 7.15. The molecule has 112 valence electrons. The van der Waals surface area contributed by atoms with Crippen molar-refractivity contribution in [3.05, 3.63) is 29.8 Å². The summed E-state index contributed by atoms with van der Waals surface area (Å²) in [6.07, 6.45) is 1.93. The van der Waals surface area contributed by atoms with Gasteiger partial charge in [0.05, 0.1) is 12.6 Å². The molecule has 1 aromatic rings. The van der Waals surface area contributed by atoms with Gasteiger partial charge in [-0.3, -0.25) is 4.90 Å². The van der Waals surface area contributed by atoms with Crippen LogP contribution in [0, 0.1) is 0 Å². The number of carboxylic acid groups (broad SMARTS) is 1. The highest BCUT2D eigenvalue weighted by Gasteiger charge is 2.42. The van der Waals surface area contributed by atoms with Gasteiger partial charge in [-0.1, -0.05) is 18.2 Å². The van der Waals surface area contributed by atoms with Crippen LogP contribution in [0.1, 0.15) is 18.4 Å². The summed E-state index contributed by atoms with van der Waals surface area (Å²) in [5.74, 6) is -1.00. The number of hydrogen-bond acceptors (Lipinski definition) is 3. The van der Waals surface area contributed by atoms with E-state index in [1.165, 1.54) is 4.90 Å². The lowest BCUT2D eigenvalue weighted by Gasteiger charge is -2.31. The van der Waals surface area contributed by atoms with Crippen molar-refractivity contribution in [2.24, 2.45) is 0 Å². The molecule has 2 N–H and O–H groups in total. The fourth-order valence-electron chi connectivity index (χ4n) is 3.24. The fourth-order valence-corrected chi connectivity index (χ4v) is 3.24. The van der Waals surface area contributed by atoms with E-state index in [2.05, 4.69) is 0 Å². The molecule has 21 heavy (non-hydrogen) atoms. The van der Waals surface area contributed by atoms with Crippen molar-refractivity contribution >= 4 is 17.7 Å². The molecular weight excluding hydrogens is 272 g/mol. The number of fused-ring (bicyclic) bond motifs is 1. The minimum absolute atomic E-state index is 0.0844. The number of likely N-dealkylation sites (tertiary alicyclic amines) is 1. The van der Waals surface area contributed by atoms with Crippen molar-refractivity contribution in [3.63, 3.8) is 0 Å². The topological polar surface area (TPSA) is 81.1 Å². The highest BCUT2D eigenvalue weighted by Crippen LogP contribution is 2.34. The molecule has 1 aromatic carbocycles. The Morgan fingerprint density at radius 3 is 2.76 bits per heavy atom. The van der Waals surface area contributed by atoms with Gasteiger partial charge in [0.15, 0.2) is 0 Å². The number of urea groups is 1. The number of nitrogens with zero attached hydrogens (tertiary/aromatic N) is 2. The molecule has 6 heteroatoms. The van der Waals surface area contributed by atoms with Crippen LogP contribution in [0.2, 0.25) is 0 Å². The number of carbonyl (C=O) groups excluding carboxylic acids is 1. The molecule has 2 amide bonds. The number of hydrogen-bond donors (Lipinski definition) is 2. The minimum atomic E-state index is -1.00. The molecule has 0 radical (unpaired) electrons. The highest BCUT2D eigenvalue weighted by atomic mass is 16.4. The molecule has 2 atom stereocenters. The van der Waals surface area contributed by atoms with Crippen LogP contribution in [0.5, 0.6) is 0 Å². The Hall–Kier alpha value is -2.08. The van der Waals surface area contributed by atoms with Crippen molar-refractivity contribution in [1.82, 2.24) is 4.90 Å². The van der Waals surface area contributed by atoms with Gasteiger partial charge in [0, 0.05) is 18.7 Å². The molecule has 0 spiro atoms. The predicted molar refractivity (Wildman–Crippen MR) is 76.3 cm³/mol. The molecular formula is C15H18N2O4. The molecule has 3 rings (SSSR count). The van der Waals surface area contributed by atoms with E-state index in [0.29, 0.717) is 18.7 Å². The lowest BCUT2D eigenvalue weighted by Crippen LogP contribution is -2.51. The lowest BCUT2D eigenvalue weighted by molar-refractivity contribution is -0.138. The van der Waals surface area contributed by atoms with Gasteiger partial charge in [-0.15, -0.1) is 0 Å². The number of amides is 2. The first-order valence-corrected chi connectivity index (χ1v) is 7.15. The molecule has 0 aliphatic carbocycles. The SMILES string of the molecule is O=C(O)C1Cc2ccccc2N1C(=O)N1CCCC1CO. The molecule has 2 aliphatic rings. The Morgan fingerprint density at radius 1 is 1.29 bits per heavy atom. The van der Waals surface area contributed by atoms with Gasteiger partial charge in [-0.05, 0) is 24.5 Å². The second kappa shape index (κ2) is 5.37. The smallest absolute Gasteiger partial charge is 0.327 e. The Kier molecular flexibility index (Phi) is 3.55.